The normalized spacial score (nSPS) is 25.5. The Morgan fingerprint density at radius 2 is 1.94 bits per heavy atom. The SMILES string of the molecule is C[C@@H](NC(=O)C[C@@H]1CC[C@@H]2[C@H](COC[C@@H](O)CN2C(=O)Nc2cccc(Cl)c2)O1)c1ccccc1. The van der Waals surface area contributed by atoms with Crippen LogP contribution >= 0.6 is 11.6 Å². The highest BCUT2D eigenvalue weighted by atomic mass is 35.5. The fourth-order valence-corrected chi connectivity index (χ4v) is 4.86. The number of rotatable bonds is 5. The number of β-amino-alcohol motifs (C(OH)–C–C–N with tert-alkyl or cyclic N) is 1. The van der Waals surface area contributed by atoms with Gasteiger partial charge < -0.3 is 30.1 Å². The van der Waals surface area contributed by atoms with Gasteiger partial charge in [0.25, 0.3) is 0 Å². The van der Waals surface area contributed by atoms with Crippen LogP contribution in [-0.2, 0) is 14.3 Å². The van der Waals surface area contributed by atoms with Gasteiger partial charge >= 0.3 is 6.03 Å². The Labute approximate surface area is 210 Å². The number of aliphatic hydroxyl groups is 1. The number of carbonyl (C=O) groups is 2. The first-order chi connectivity index (χ1) is 16.9. The molecule has 0 radical (unpaired) electrons. The Hall–Kier alpha value is -2.65. The standard InChI is InChI=1S/C26H32ClN3O5/c1-17(18-6-3-2-4-7-18)28-25(32)13-22-10-11-23-24(35-22)16-34-15-21(31)14-30(23)26(33)29-20-9-5-8-19(27)12-20/h2-9,12,17,21-24,31H,10-11,13-16H2,1H3,(H,28,32)(H,29,33)/t17-,21+,22+,23-,24+/m1/s1. The van der Waals surface area contributed by atoms with Crippen LogP contribution in [0.2, 0.25) is 5.02 Å². The van der Waals surface area contributed by atoms with Crippen LogP contribution < -0.4 is 10.6 Å². The lowest BCUT2D eigenvalue weighted by Crippen LogP contribution is -2.58. The number of anilines is 1. The maximum Gasteiger partial charge on any atom is 0.322 e. The van der Waals surface area contributed by atoms with Crippen molar-refractivity contribution in [3.63, 3.8) is 0 Å². The minimum atomic E-state index is -0.802. The molecule has 2 aliphatic heterocycles. The lowest BCUT2D eigenvalue weighted by molar-refractivity contribution is -0.150. The molecular weight excluding hydrogens is 470 g/mol. The summed E-state index contributed by atoms with van der Waals surface area (Å²) in [5.74, 6) is -0.0810. The lowest BCUT2D eigenvalue weighted by Gasteiger charge is -2.44. The van der Waals surface area contributed by atoms with Crippen LogP contribution in [0.5, 0.6) is 0 Å². The Morgan fingerprint density at radius 3 is 2.71 bits per heavy atom. The molecule has 0 aliphatic carbocycles. The van der Waals surface area contributed by atoms with Crippen molar-refractivity contribution in [3.05, 3.63) is 65.2 Å². The molecule has 0 unspecified atom stereocenters. The first kappa shape index (κ1) is 25.4. The van der Waals surface area contributed by atoms with Crippen molar-refractivity contribution >= 4 is 29.2 Å². The fourth-order valence-electron chi connectivity index (χ4n) is 4.67. The second-order valence-corrected chi connectivity index (χ2v) is 9.57. The van der Waals surface area contributed by atoms with Crippen LogP contribution in [0.1, 0.15) is 37.8 Å². The molecule has 2 saturated heterocycles. The molecule has 2 aromatic carbocycles. The number of nitrogens with zero attached hydrogens (tertiary/aromatic N) is 1. The number of halogens is 1. The van der Waals surface area contributed by atoms with Gasteiger partial charge in [0.15, 0.2) is 0 Å². The number of nitrogens with one attached hydrogen (secondary N) is 2. The molecule has 8 nitrogen and oxygen atoms in total. The number of hydrogen-bond donors (Lipinski definition) is 3. The Bertz CT molecular complexity index is 1010. The molecule has 0 saturated carbocycles. The summed E-state index contributed by atoms with van der Waals surface area (Å²) in [6, 6.07) is 16.0. The minimum Gasteiger partial charge on any atom is -0.389 e. The molecule has 0 aromatic heterocycles. The number of carbonyl (C=O) groups excluding carboxylic acids is 2. The molecule has 35 heavy (non-hydrogen) atoms. The first-order valence-electron chi connectivity index (χ1n) is 12.0. The summed E-state index contributed by atoms with van der Waals surface area (Å²) in [6.07, 6.45) is 0.0126. The van der Waals surface area contributed by atoms with Crippen LogP contribution in [0.25, 0.3) is 0 Å². The van der Waals surface area contributed by atoms with Crippen molar-refractivity contribution in [2.45, 2.75) is 56.6 Å². The van der Waals surface area contributed by atoms with Crippen molar-refractivity contribution < 1.29 is 24.2 Å². The van der Waals surface area contributed by atoms with E-state index >= 15 is 0 Å². The van der Waals surface area contributed by atoms with Gasteiger partial charge in [0.05, 0.1) is 50.5 Å². The molecule has 3 N–H and O–H groups in total. The van der Waals surface area contributed by atoms with E-state index in [1.165, 1.54) is 0 Å². The second kappa shape index (κ2) is 11.9. The van der Waals surface area contributed by atoms with Gasteiger partial charge in [-0.05, 0) is 43.5 Å². The summed E-state index contributed by atoms with van der Waals surface area (Å²) in [6.45, 7) is 2.42. The third-order valence-corrected chi connectivity index (χ3v) is 6.64. The van der Waals surface area contributed by atoms with Crippen LogP contribution in [0.3, 0.4) is 0 Å². The van der Waals surface area contributed by atoms with Gasteiger partial charge in [-0.3, -0.25) is 4.79 Å². The zero-order chi connectivity index (χ0) is 24.8. The van der Waals surface area contributed by atoms with Crippen molar-refractivity contribution in [3.8, 4) is 0 Å². The highest BCUT2D eigenvalue weighted by Gasteiger charge is 2.40. The zero-order valence-corrected chi connectivity index (χ0v) is 20.5. The second-order valence-electron chi connectivity index (χ2n) is 9.13. The molecule has 0 bridgehead atoms. The van der Waals surface area contributed by atoms with E-state index < -0.39 is 12.2 Å². The van der Waals surface area contributed by atoms with Gasteiger partial charge in [0.1, 0.15) is 6.10 Å². The summed E-state index contributed by atoms with van der Waals surface area (Å²) < 4.78 is 11.9. The highest BCUT2D eigenvalue weighted by Crippen LogP contribution is 2.29. The average Bonchev–Trinajstić information content (AvgIpc) is 2.82. The van der Waals surface area contributed by atoms with E-state index in [1.807, 2.05) is 37.3 Å². The molecule has 2 heterocycles. The van der Waals surface area contributed by atoms with Crippen LogP contribution in [0.4, 0.5) is 10.5 Å². The summed E-state index contributed by atoms with van der Waals surface area (Å²) in [7, 11) is 0. The van der Waals surface area contributed by atoms with Crippen LogP contribution in [0.15, 0.2) is 54.6 Å². The Morgan fingerprint density at radius 1 is 1.14 bits per heavy atom. The van der Waals surface area contributed by atoms with E-state index in [9.17, 15) is 14.7 Å². The molecule has 5 atom stereocenters. The number of benzene rings is 2. The summed E-state index contributed by atoms with van der Waals surface area (Å²) in [4.78, 5) is 27.5. The Kier molecular flexibility index (Phi) is 8.62. The number of ether oxygens (including phenoxy) is 2. The first-order valence-corrected chi connectivity index (χ1v) is 12.4. The van der Waals surface area contributed by atoms with Crippen molar-refractivity contribution in [1.29, 1.82) is 0 Å². The summed E-state index contributed by atoms with van der Waals surface area (Å²) >= 11 is 6.05. The summed E-state index contributed by atoms with van der Waals surface area (Å²) in [5.41, 5.74) is 1.62. The van der Waals surface area contributed by atoms with Crippen LogP contribution in [0, 0.1) is 0 Å². The quantitative estimate of drug-likeness (QED) is 0.579. The Balaban J connectivity index is 1.38. The maximum absolute atomic E-state index is 13.2. The average molecular weight is 502 g/mol. The van der Waals surface area contributed by atoms with Gasteiger partial charge in [-0.15, -0.1) is 0 Å². The predicted molar refractivity (Wildman–Crippen MR) is 133 cm³/mol. The van der Waals surface area contributed by atoms with Crippen LogP contribution in [-0.4, -0.2) is 66.1 Å². The highest BCUT2D eigenvalue weighted by molar-refractivity contribution is 6.30. The van der Waals surface area contributed by atoms with Gasteiger partial charge in [-0.2, -0.15) is 0 Å². The molecule has 0 spiro atoms. The van der Waals surface area contributed by atoms with Gasteiger partial charge in [-0.1, -0.05) is 48.0 Å². The summed E-state index contributed by atoms with van der Waals surface area (Å²) in [5, 5.41) is 16.7. The van der Waals surface area contributed by atoms with Crippen molar-refractivity contribution in [1.82, 2.24) is 10.2 Å². The van der Waals surface area contributed by atoms with E-state index in [2.05, 4.69) is 10.6 Å². The molecule has 3 amide bonds. The number of amides is 3. The third kappa shape index (κ3) is 6.95. The molecular formula is C26H32ClN3O5. The number of hydrogen-bond acceptors (Lipinski definition) is 5. The minimum absolute atomic E-state index is 0.0810. The fraction of sp³-hybridized carbons (Fsp3) is 0.462. The monoisotopic (exact) mass is 501 g/mol. The van der Waals surface area contributed by atoms with E-state index in [4.69, 9.17) is 21.1 Å². The molecule has 2 fully saturated rings. The lowest BCUT2D eigenvalue weighted by atomic mass is 9.94. The number of aliphatic hydroxyl groups excluding tert-OH is 1. The molecule has 2 aromatic rings. The molecule has 188 valence electrons. The van der Waals surface area contributed by atoms with E-state index in [1.54, 1.807) is 29.2 Å². The van der Waals surface area contributed by atoms with Crippen molar-refractivity contribution in [2.24, 2.45) is 0 Å². The number of urea groups is 1. The largest absolute Gasteiger partial charge is 0.389 e. The van der Waals surface area contributed by atoms with E-state index in [0.29, 0.717) is 23.6 Å². The van der Waals surface area contributed by atoms with E-state index in [-0.39, 0.29) is 56.3 Å². The van der Waals surface area contributed by atoms with Gasteiger partial charge in [0.2, 0.25) is 5.91 Å². The maximum atomic E-state index is 13.2. The number of fused-ring (bicyclic) bond motifs is 1. The third-order valence-electron chi connectivity index (χ3n) is 6.41. The molecule has 9 heteroatoms. The molecule has 2 aliphatic rings. The van der Waals surface area contributed by atoms with Gasteiger partial charge in [-0.25, -0.2) is 4.79 Å². The topological polar surface area (TPSA) is 100 Å². The smallest absolute Gasteiger partial charge is 0.322 e. The van der Waals surface area contributed by atoms with Crippen molar-refractivity contribution in [2.75, 3.05) is 25.1 Å². The predicted octanol–water partition coefficient (Wildman–Crippen LogP) is 3.75. The van der Waals surface area contributed by atoms with Gasteiger partial charge in [0, 0.05) is 10.7 Å². The zero-order valence-electron chi connectivity index (χ0n) is 19.7. The van der Waals surface area contributed by atoms with E-state index in [0.717, 1.165) is 5.56 Å². The molecule has 4 rings (SSSR count).